The number of nitrogens with zero attached hydrogens (tertiary/aromatic N) is 1. The monoisotopic (exact) mass is 353 g/mol. The molecular formula is C17H23NO3S2. The predicted molar refractivity (Wildman–Crippen MR) is 93.6 cm³/mol. The van der Waals surface area contributed by atoms with Gasteiger partial charge in [0.05, 0.1) is 17.3 Å². The Hall–Kier alpha value is -1.01. The highest BCUT2D eigenvalue weighted by Crippen LogP contribution is 2.33. The van der Waals surface area contributed by atoms with Gasteiger partial charge in [0.15, 0.2) is 9.84 Å². The molecule has 1 aliphatic carbocycles. The molecule has 0 bridgehead atoms. The third-order valence-corrected chi connectivity index (χ3v) is 7.42. The quantitative estimate of drug-likeness (QED) is 0.764. The lowest BCUT2D eigenvalue weighted by atomic mass is 10.2. The van der Waals surface area contributed by atoms with Crippen LogP contribution in [0.3, 0.4) is 0 Å². The summed E-state index contributed by atoms with van der Waals surface area (Å²) in [6.07, 6.45) is 2.62. The van der Waals surface area contributed by atoms with Crippen LogP contribution in [0.15, 0.2) is 23.1 Å². The highest BCUT2D eigenvalue weighted by Gasteiger charge is 2.41. The molecule has 0 spiro atoms. The van der Waals surface area contributed by atoms with Crippen LogP contribution in [-0.2, 0) is 14.6 Å². The second-order valence-electron chi connectivity index (χ2n) is 6.65. The summed E-state index contributed by atoms with van der Waals surface area (Å²) in [5, 5.41) is 0. The van der Waals surface area contributed by atoms with Gasteiger partial charge in [-0.05, 0) is 44.7 Å². The van der Waals surface area contributed by atoms with Crippen molar-refractivity contribution in [2.45, 2.75) is 50.1 Å². The van der Waals surface area contributed by atoms with Gasteiger partial charge >= 0.3 is 0 Å². The first-order valence-electron chi connectivity index (χ1n) is 8.07. The Kier molecular flexibility index (Phi) is 4.74. The smallest absolute Gasteiger partial charge is 0.233 e. The van der Waals surface area contributed by atoms with Gasteiger partial charge in [0.2, 0.25) is 5.91 Å². The molecule has 0 unspecified atom stereocenters. The molecule has 1 amide bonds. The molecule has 1 aromatic rings. The van der Waals surface area contributed by atoms with Crippen molar-refractivity contribution in [1.82, 2.24) is 4.90 Å². The van der Waals surface area contributed by atoms with Crippen LogP contribution in [0, 0.1) is 13.8 Å². The molecule has 126 valence electrons. The summed E-state index contributed by atoms with van der Waals surface area (Å²) in [6, 6.07) is 6.40. The standard InChI is InChI=1S/C17H23NO3S2/c1-12-3-4-13(2)16(9-12)22-10-17(19)18(14-5-6-14)15-7-8-23(20,21)11-15/h3-4,9,14-15H,5-8,10-11H2,1-2H3/t15-/m0/s1. The minimum absolute atomic E-state index is 0.0838. The van der Waals surface area contributed by atoms with Crippen LogP contribution < -0.4 is 0 Å². The van der Waals surface area contributed by atoms with Crippen molar-refractivity contribution in [3.63, 3.8) is 0 Å². The van der Waals surface area contributed by atoms with Crippen molar-refractivity contribution >= 4 is 27.5 Å². The summed E-state index contributed by atoms with van der Waals surface area (Å²) in [7, 11) is -2.96. The minimum Gasteiger partial charge on any atom is -0.335 e. The third-order valence-electron chi connectivity index (χ3n) is 4.52. The molecule has 6 heteroatoms. The average Bonchev–Trinajstić information content (AvgIpc) is 3.24. The zero-order valence-electron chi connectivity index (χ0n) is 13.6. The molecular weight excluding hydrogens is 330 g/mol. The number of carbonyl (C=O) groups is 1. The Bertz CT molecular complexity index is 711. The molecule has 3 rings (SSSR count). The highest BCUT2D eigenvalue weighted by molar-refractivity contribution is 8.00. The average molecular weight is 354 g/mol. The van der Waals surface area contributed by atoms with Crippen LogP contribution in [0.25, 0.3) is 0 Å². The van der Waals surface area contributed by atoms with Crippen LogP contribution in [0.4, 0.5) is 0 Å². The highest BCUT2D eigenvalue weighted by atomic mass is 32.2. The van der Waals surface area contributed by atoms with Crippen molar-refractivity contribution in [2.24, 2.45) is 0 Å². The lowest BCUT2D eigenvalue weighted by Crippen LogP contribution is -2.43. The number of thioether (sulfide) groups is 1. The number of benzene rings is 1. The van der Waals surface area contributed by atoms with E-state index in [1.807, 2.05) is 11.8 Å². The summed E-state index contributed by atoms with van der Waals surface area (Å²) < 4.78 is 23.5. The molecule has 0 radical (unpaired) electrons. The molecule has 4 nitrogen and oxygen atoms in total. The molecule has 1 heterocycles. The van der Waals surface area contributed by atoms with E-state index in [2.05, 4.69) is 25.1 Å². The fraction of sp³-hybridized carbons (Fsp3) is 0.588. The number of rotatable bonds is 5. The van der Waals surface area contributed by atoms with Gasteiger partial charge < -0.3 is 4.90 Å². The molecule has 1 saturated heterocycles. The molecule has 1 aromatic carbocycles. The minimum atomic E-state index is -2.96. The van der Waals surface area contributed by atoms with Gasteiger partial charge in [0.1, 0.15) is 0 Å². The number of amides is 1. The van der Waals surface area contributed by atoms with Gasteiger partial charge in [-0.3, -0.25) is 4.79 Å². The fourth-order valence-electron chi connectivity index (χ4n) is 3.13. The zero-order chi connectivity index (χ0) is 16.6. The van der Waals surface area contributed by atoms with Crippen molar-refractivity contribution in [2.75, 3.05) is 17.3 Å². The second-order valence-corrected chi connectivity index (χ2v) is 9.89. The largest absolute Gasteiger partial charge is 0.335 e. The number of hydrogen-bond donors (Lipinski definition) is 0. The van der Waals surface area contributed by atoms with Crippen molar-refractivity contribution in [1.29, 1.82) is 0 Å². The second kappa shape index (κ2) is 6.48. The van der Waals surface area contributed by atoms with Gasteiger partial charge in [-0.2, -0.15) is 0 Å². The Labute approximate surface area is 142 Å². The first-order valence-corrected chi connectivity index (χ1v) is 10.9. The maximum atomic E-state index is 12.7. The molecule has 0 N–H and O–H groups in total. The number of hydrogen-bond acceptors (Lipinski definition) is 4. The SMILES string of the molecule is Cc1ccc(C)c(SCC(=O)N(C2CC2)[C@H]2CCS(=O)(=O)C2)c1. The first-order chi connectivity index (χ1) is 10.9. The normalized spacial score (nSPS) is 23.0. The summed E-state index contributed by atoms with van der Waals surface area (Å²) in [4.78, 5) is 15.7. The topological polar surface area (TPSA) is 54.5 Å². The van der Waals surface area contributed by atoms with E-state index in [0.29, 0.717) is 12.2 Å². The Morgan fingerprint density at radius 3 is 2.57 bits per heavy atom. The van der Waals surface area contributed by atoms with Crippen LogP contribution in [0.5, 0.6) is 0 Å². The van der Waals surface area contributed by atoms with Gasteiger partial charge in [0.25, 0.3) is 0 Å². The summed E-state index contributed by atoms with van der Waals surface area (Å²) >= 11 is 1.56. The Balaban J connectivity index is 1.67. The van der Waals surface area contributed by atoms with E-state index in [-0.39, 0.29) is 29.5 Å². The van der Waals surface area contributed by atoms with E-state index in [1.54, 1.807) is 11.8 Å². The molecule has 1 saturated carbocycles. The van der Waals surface area contributed by atoms with Crippen LogP contribution in [-0.4, -0.2) is 48.6 Å². The molecule has 0 aromatic heterocycles. The summed E-state index contributed by atoms with van der Waals surface area (Å²) in [5.74, 6) is 0.833. The summed E-state index contributed by atoms with van der Waals surface area (Å²) in [6.45, 7) is 4.10. The van der Waals surface area contributed by atoms with E-state index in [4.69, 9.17) is 0 Å². The zero-order valence-corrected chi connectivity index (χ0v) is 15.3. The maximum absolute atomic E-state index is 12.7. The van der Waals surface area contributed by atoms with E-state index >= 15 is 0 Å². The maximum Gasteiger partial charge on any atom is 0.233 e. The number of carbonyl (C=O) groups excluding carboxylic acids is 1. The van der Waals surface area contributed by atoms with E-state index in [0.717, 1.165) is 17.7 Å². The third kappa shape index (κ3) is 4.10. The first kappa shape index (κ1) is 16.8. The molecule has 23 heavy (non-hydrogen) atoms. The van der Waals surface area contributed by atoms with Gasteiger partial charge in [-0.25, -0.2) is 8.42 Å². The van der Waals surface area contributed by atoms with E-state index in [1.165, 1.54) is 11.1 Å². The van der Waals surface area contributed by atoms with Crippen LogP contribution >= 0.6 is 11.8 Å². The molecule has 2 aliphatic rings. The van der Waals surface area contributed by atoms with Gasteiger partial charge in [0, 0.05) is 17.0 Å². The van der Waals surface area contributed by atoms with Gasteiger partial charge in [-0.1, -0.05) is 17.7 Å². The predicted octanol–water partition coefficient (Wildman–Crippen LogP) is 2.57. The summed E-state index contributed by atoms with van der Waals surface area (Å²) in [5.41, 5.74) is 2.36. The van der Waals surface area contributed by atoms with Crippen LogP contribution in [0.2, 0.25) is 0 Å². The Morgan fingerprint density at radius 2 is 1.96 bits per heavy atom. The number of sulfone groups is 1. The van der Waals surface area contributed by atoms with Gasteiger partial charge in [-0.15, -0.1) is 11.8 Å². The molecule has 2 fully saturated rings. The number of aryl methyl sites for hydroxylation is 2. The van der Waals surface area contributed by atoms with Crippen molar-refractivity contribution in [3.8, 4) is 0 Å². The Morgan fingerprint density at radius 1 is 1.22 bits per heavy atom. The van der Waals surface area contributed by atoms with E-state index in [9.17, 15) is 13.2 Å². The van der Waals surface area contributed by atoms with Crippen molar-refractivity contribution < 1.29 is 13.2 Å². The molecule has 1 atom stereocenters. The van der Waals surface area contributed by atoms with Crippen molar-refractivity contribution in [3.05, 3.63) is 29.3 Å². The molecule has 1 aliphatic heterocycles. The van der Waals surface area contributed by atoms with E-state index < -0.39 is 9.84 Å². The van der Waals surface area contributed by atoms with Crippen LogP contribution in [0.1, 0.15) is 30.4 Å². The lowest BCUT2D eigenvalue weighted by molar-refractivity contribution is -0.130. The fourth-order valence-corrected chi connectivity index (χ4v) is 5.83. The lowest BCUT2D eigenvalue weighted by Gasteiger charge is -2.28.